The Balaban J connectivity index is 1.60. The number of hydrogen-bond donors (Lipinski definition) is 1. The third-order valence-electron chi connectivity index (χ3n) is 6.99. The summed E-state index contributed by atoms with van der Waals surface area (Å²) in [7, 11) is 3.10. The van der Waals surface area contributed by atoms with Crippen molar-refractivity contribution in [2.45, 2.75) is 42.7 Å². The van der Waals surface area contributed by atoms with Gasteiger partial charge in [0.1, 0.15) is 5.82 Å². The lowest BCUT2D eigenvalue weighted by atomic mass is 9.68. The summed E-state index contributed by atoms with van der Waals surface area (Å²) in [5.41, 5.74) is 9.74. The highest BCUT2D eigenvalue weighted by molar-refractivity contribution is 8.00. The van der Waals surface area contributed by atoms with E-state index in [1.807, 2.05) is 36.4 Å². The van der Waals surface area contributed by atoms with Crippen LogP contribution in [-0.2, 0) is 10.5 Å². The van der Waals surface area contributed by atoms with Crippen LogP contribution in [0.3, 0.4) is 0 Å². The second kappa shape index (κ2) is 11.2. The van der Waals surface area contributed by atoms with Crippen molar-refractivity contribution in [1.82, 2.24) is 10.2 Å². The number of methoxy groups -OCH3 is 2. The third-order valence-corrected chi connectivity index (χ3v) is 9.35. The van der Waals surface area contributed by atoms with Gasteiger partial charge in [-0.15, -0.1) is 10.2 Å². The molecule has 1 aromatic heterocycles. The fourth-order valence-electron chi connectivity index (χ4n) is 5.25. The van der Waals surface area contributed by atoms with Crippen molar-refractivity contribution in [1.29, 1.82) is 5.26 Å². The zero-order valence-electron chi connectivity index (χ0n) is 22.5. The molecule has 1 aliphatic heterocycles. The molecule has 5 rings (SSSR count). The molecule has 11 heteroatoms. The molecule has 1 atom stereocenters. The number of ether oxygens (including phenoxy) is 2. The van der Waals surface area contributed by atoms with Gasteiger partial charge in [-0.3, -0.25) is 9.69 Å². The number of carbonyl (C=O) groups excluding carboxylic acids is 1. The Morgan fingerprint density at radius 2 is 1.93 bits per heavy atom. The van der Waals surface area contributed by atoms with Gasteiger partial charge in [0, 0.05) is 34.0 Å². The number of anilines is 1. The molecular weight excluding hydrogens is 566 g/mol. The van der Waals surface area contributed by atoms with Gasteiger partial charge in [-0.2, -0.15) is 5.26 Å². The van der Waals surface area contributed by atoms with Crippen molar-refractivity contribution < 1.29 is 14.3 Å². The van der Waals surface area contributed by atoms with Crippen molar-refractivity contribution in [2.75, 3.05) is 19.1 Å². The molecule has 0 saturated carbocycles. The number of para-hydroxylation sites is 1. The number of nitriles is 1. The number of ketones is 1. The Morgan fingerprint density at radius 1 is 1.18 bits per heavy atom. The summed E-state index contributed by atoms with van der Waals surface area (Å²) in [6.07, 6.45) is 0.919. The van der Waals surface area contributed by atoms with Crippen LogP contribution in [0.4, 0.5) is 5.13 Å². The Morgan fingerprint density at radius 3 is 2.60 bits per heavy atom. The van der Waals surface area contributed by atoms with Crippen LogP contribution in [0.5, 0.6) is 11.5 Å². The van der Waals surface area contributed by atoms with Crippen molar-refractivity contribution in [2.24, 2.45) is 11.1 Å². The molecule has 0 spiro atoms. The summed E-state index contributed by atoms with van der Waals surface area (Å²) >= 11 is 8.93. The summed E-state index contributed by atoms with van der Waals surface area (Å²) in [5, 5.41) is 20.4. The third kappa shape index (κ3) is 5.17. The molecule has 40 heavy (non-hydrogen) atoms. The number of Topliss-reactive ketones (excluding diaryl/α,β-unsaturated/α-hetero) is 1. The second-order valence-electron chi connectivity index (χ2n) is 10.3. The van der Waals surface area contributed by atoms with Crippen molar-refractivity contribution in [3.8, 4) is 17.6 Å². The maximum absolute atomic E-state index is 13.8. The molecule has 1 unspecified atom stereocenters. The number of thioether (sulfide) groups is 1. The van der Waals surface area contributed by atoms with Crippen molar-refractivity contribution in [3.05, 3.63) is 81.3 Å². The average molecular weight is 594 g/mol. The summed E-state index contributed by atoms with van der Waals surface area (Å²) < 4.78 is 12.0. The predicted molar refractivity (Wildman–Crippen MR) is 158 cm³/mol. The van der Waals surface area contributed by atoms with E-state index in [2.05, 4.69) is 30.1 Å². The largest absolute Gasteiger partial charge is 0.493 e. The van der Waals surface area contributed by atoms with E-state index in [0.717, 1.165) is 15.6 Å². The maximum atomic E-state index is 13.8. The highest BCUT2D eigenvalue weighted by Gasteiger charge is 2.46. The normalized spacial score (nSPS) is 18.4. The van der Waals surface area contributed by atoms with Gasteiger partial charge in [-0.05, 0) is 35.6 Å². The van der Waals surface area contributed by atoms with Crippen LogP contribution in [0.2, 0.25) is 5.02 Å². The number of nitrogens with zero attached hydrogens (tertiary/aromatic N) is 4. The summed E-state index contributed by atoms with van der Waals surface area (Å²) in [6, 6.07) is 15.4. The zero-order valence-corrected chi connectivity index (χ0v) is 24.9. The number of carbonyl (C=O) groups is 1. The van der Waals surface area contributed by atoms with Gasteiger partial charge < -0.3 is 15.2 Å². The highest BCUT2D eigenvalue weighted by Crippen LogP contribution is 2.53. The SMILES string of the molecule is COc1cccc(C2C(C#N)=C(N)N(c3nnc(SCc4ccc(Cl)cc4)s3)C3=C2C(=O)CC(C)(C)C3)c1OC. The van der Waals surface area contributed by atoms with E-state index in [9.17, 15) is 10.1 Å². The Hall–Kier alpha value is -3.52. The molecule has 2 N–H and O–H groups in total. The number of benzene rings is 2. The van der Waals surface area contributed by atoms with Crippen LogP contribution >= 0.6 is 34.7 Å². The molecule has 2 heterocycles. The topological polar surface area (TPSA) is 114 Å². The number of aromatic nitrogens is 2. The van der Waals surface area contributed by atoms with Gasteiger partial charge in [0.05, 0.1) is 31.8 Å². The molecule has 0 amide bonds. The van der Waals surface area contributed by atoms with Crippen LogP contribution in [0, 0.1) is 16.7 Å². The molecule has 2 aromatic carbocycles. The molecule has 3 aromatic rings. The molecule has 2 aliphatic rings. The van der Waals surface area contributed by atoms with E-state index in [1.54, 1.807) is 36.9 Å². The van der Waals surface area contributed by atoms with E-state index in [-0.39, 0.29) is 22.6 Å². The van der Waals surface area contributed by atoms with Crippen LogP contribution in [0.25, 0.3) is 0 Å². The van der Waals surface area contributed by atoms with Gasteiger partial charge in [0.2, 0.25) is 5.13 Å². The van der Waals surface area contributed by atoms with E-state index >= 15 is 0 Å². The maximum Gasteiger partial charge on any atom is 0.219 e. The lowest BCUT2D eigenvalue weighted by Crippen LogP contribution is -2.42. The quantitative estimate of drug-likeness (QED) is 0.309. The average Bonchev–Trinajstić information content (AvgIpc) is 3.39. The fraction of sp³-hybridized carbons (Fsp3) is 0.310. The molecule has 0 saturated heterocycles. The van der Waals surface area contributed by atoms with Crippen LogP contribution < -0.4 is 20.1 Å². The first-order valence-electron chi connectivity index (χ1n) is 12.5. The van der Waals surface area contributed by atoms with Crippen LogP contribution in [0.1, 0.15) is 43.7 Å². The Kier molecular flexibility index (Phi) is 7.82. The molecule has 1 aliphatic carbocycles. The van der Waals surface area contributed by atoms with Gasteiger partial charge >= 0.3 is 0 Å². The van der Waals surface area contributed by atoms with E-state index < -0.39 is 5.92 Å². The first kappa shape index (κ1) is 28.0. The molecule has 8 nitrogen and oxygen atoms in total. The standard InChI is InChI=1S/C29H28ClN5O3S2/c1-29(2)12-20-24(21(36)13-29)23(18-6-5-7-22(37-3)25(18)38-4)19(14-31)26(32)35(20)27-33-34-28(40-27)39-15-16-8-10-17(30)11-9-16/h5-11,23H,12-13,15,32H2,1-4H3. The molecule has 0 bridgehead atoms. The Labute approximate surface area is 246 Å². The smallest absolute Gasteiger partial charge is 0.219 e. The lowest BCUT2D eigenvalue weighted by Gasteiger charge is -2.42. The van der Waals surface area contributed by atoms with Crippen molar-refractivity contribution >= 4 is 45.6 Å². The van der Waals surface area contributed by atoms with Gasteiger partial charge in [-0.25, -0.2) is 0 Å². The first-order valence-corrected chi connectivity index (χ1v) is 14.7. The van der Waals surface area contributed by atoms with E-state index in [4.69, 9.17) is 26.8 Å². The monoisotopic (exact) mass is 593 g/mol. The number of hydrogen-bond acceptors (Lipinski definition) is 10. The molecule has 206 valence electrons. The molecule has 0 fully saturated rings. The lowest BCUT2D eigenvalue weighted by molar-refractivity contribution is -0.118. The highest BCUT2D eigenvalue weighted by atomic mass is 35.5. The number of allylic oxidation sites excluding steroid dienone is 3. The summed E-state index contributed by atoms with van der Waals surface area (Å²) in [4.78, 5) is 15.6. The Bertz CT molecular complexity index is 1570. The van der Waals surface area contributed by atoms with Crippen LogP contribution in [-0.4, -0.2) is 30.2 Å². The summed E-state index contributed by atoms with van der Waals surface area (Å²) in [5.74, 6) is 1.16. The van der Waals surface area contributed by atoms with Crippen molar-refractivity contribution in [3.63, 3.8) is 0 Å². The first-order chi connectivity index (χ1) is 19.2. The predicted octanol–water partition coefficient (Wildman–Crippen LogP) is 6.44. The number of halogens is 1. The minimum Gasteiger partial charge on any atom is -0.493 e. The van der Waals surface area contributed by atoms with Gasteiger partial charge in [0.15, 0.2) is 21.6 Å². The van der Waals surface area contributed by atoms with E-state index in [0.29, 0.717) is 51.4 Å². The zero-order chi connectivity index (χ0) is 28.6. The molecular formula is C29H28ClN5O3S2. The number of rotatable bonds is 7. The van der Waals surface area contributed by atoms with Gasteiger partial charge in [0.25, 0.3) is 0 Å². The minimum atomic E-state index is -0.698. The second-order valence-corrected chi connectivity index (χ2v) is 12.9. The summed E-state index contributed by atoms with van der Waals surface area (Å²) in [6.45, 7) is 4.11. The van der Waals surface area contributed by atoms with Crippen LogP contribution in [0.15, 0.2) is 69.5 Å². The molecule has 0 radical (unpaired) electrons. The minimum absolute atomic E-state index is 0.0341. The van der Waals surface area contributed by atoms with Gasteiger partial charge in [-0.1, -0.05) is 72.8 Å². The van der Waals surface area contributed by atoms with E-state index in [1.165, 1.54) is 11.3 Å². The number of nitrogens with two attached hydrogens (primary N) is 1. The fourth-order valence-corrected chi connectivity index (χ4v) is 7.22.